The number of hydrogen-bond donors (Lipinski definition) is 0. The Labute approximate surface area is 417 Å². The molecule has 6 nitrogen and oxygen atoms in total. The quantitative estimate of drug-likeness (QED) is 0.0199. The minimum atomic E-state index is -0.828. The zero-order valence-electron chi connectivity index (χ0n) is 43.3. The third kappa shape index (κ3) is 52.3. The van der Waals surface area contributed by atoms with Gasteiger partial charge < -0.3 is 14.2 Å². The van der Waals surface area contributed by atoms with Crippen LogP contribution in [0.25, 0.3) is 0 Å². The third-order valence-corrected chi connectivity index (χ3v) is 10.8. The molecule has 0 aliphatic carbocycles. The molecule has 1 unspecified atom stereocenters. The maximum atomic E-state index is 12.8. The van der Waals surface area contributed by atoms with Gasteiger partial charge in [-0.1, -0.05) is 244 Å². The second-order valence-corrected chi connectivity index (χ2v) is 17.2. The fraction of sp³-hybridized carbons (Fsp3) is 0.565. The van der Waals surface area contributed by atoms with E-state index in [4.69, 9.17) is 14.2 Å². The second-order valence-electron chi connectivity index (χ2n) is 17.2. The largest absolute Gasteiger partial charge is 0.462 e. The Hall–Kier alpha value is -4.71. The molecule has 6 heteroatoms. The number of unbranched alkanes of at least 4 members (excludes halogenated alkanes) is 18. The van der Waals surface area contributed by atoms with E-state index < -0.39 is 6.10 Å². The summed E-state index contributed by atoms with van der Waals surface area (Å²) < 4.78 is 16.7. The van der Waals surface area contributed by atoms with Gasteiger partial charge >= 0.3 is 17.9 Å². The molecule has 0 aliphatic rings. The summed E-state index contributed by atoms with van der Waals surface area (Å²) in [7, 11) is 0. The van der Waals surface area contributed by atoms with Gasteiger partial charge in [0.2, 0.25) is 0 Å². The number of carbonyl (C=O) groups excluding carboxylic acids is 3. The van der Waals surface area contributed by atoms with E-state index in [1.807, 2.05) is 54.7 Å². The molecule has 0 fully saturated rings. The molecule has 0 aromatic heterocycles. The molecule has 380 valence electrons. The molecule has 0 spiro atoms. The first-order chi connectivity index (χ1) is 33.5. The van der Waals surface area contributed by atoms with Crippen molar-refractivity contribution in [3.05, 3.63) is 146 Å². The van der Waals surface area contributed by atoms with Gasteiger partial charge in [-0.3, -0.25) is 14.4 Å². The van der Waals surface area contributed by atoms with Gasteiger partial charge in [0.25, 0.3) is 0 Å². The summed E-state index contributed by atoms with van der Waals surface area (Å²) in [6, 6.07) is 0. The van der Waals surface area contributed by atoms with Crippen molar-refractivity contribution in [3.63, 3.8) is 0 Å². The summed E-state index contributed by atoms with van der Waals surface area (Å²) >= 11 is 0. The Morgan fingerprint density at radius 3 is 1.13 bits per heavy atom. The number of ether oxygens (including phenoxy) is 3. The normalized spacial score (nSPS) is 13.3. The van der Waals surface area contributed by atoms with Crippen molar-refractivity contribution < 1.29 is 28.6 Å². The Bertz CT molecular complexity index is 1540. The van der Waals surface area contributed by atoms with Crippen molar-refractivity contribution in [2.75, 3.05) is 13.2 Å². The summed E-state index contributed by atoms with van der Waals surface area (Å²) in [6.07, 6.45) is 78.3. The first-order valence-corrected chi connectivity index (χ1v) is 27.0. The molecular weight excluding hydrogens is 841 g/mol. The molecule has 1 atom stereocenters. The second kappa shape index (κ2) is 54.9. The highest BCUT2D eigenvalue weighted by atomic mass is 16.6. The number of rotatable bonds is 46. The van der Waals surface area contributed by atoms with Crippen LogP contribution in [0.15, 0.2) is 146 Å². The molecule has 0 saturated carbocycles. The lowest BCUT2D eigenvalue weighted by Crippen LogP contribution is -2.30. The van der Waals surface area contributed by atoms with Crippen molar-refractivity contribution in [2.45, 2.75) is 213 Å². The number of hydrogen-bond acceptors (Lipinski definition) is 6. The molecule has 0 N–H and O–H groups in total. The number of esters is 3. The van der Waals surface area contributed by atoms with Crippen LogP contribution in [-0.2, 0) is 28.6 Å². The zero-order valence-corrected chi connectivity index (χ0v) is 43.3. The molecular formula is C62H96O6. The highest BCUT2D eigenvalue weighted by molar-refractivity contribution is 5.71. The van der Waals surface area contributed by atoms with E-state index in [1.165, 1.54) is 57.8 Å². The molecule has 0 aromatic rings. The van der Waals surface area contributed by atoms with Crippen LogP contribution in [0.3, 0.4) is 0 Å². The molecule has 0 bridgehead atoms. The van der Waals surface area contributed by atoms with Crippen molar-refractivity contribution in [2.24, 2.45) is 0 Å². The first kappa shape index (κ1) is 63.3. The van der Waals surface area contributed by atoms with Crippen LogP contribution in [0, 0.1) is 0 Å². The average molecular weight is 937 g/mol. The molecule has 68 heavy (non-hydrogen) atoms. The standard InChI is InChI=1S/C62H96O6/c1-4-7-10-13-16-19-22-25-27-29-31-33-34-37-40-43-46-49-52-55-61(64)67-58-59(57-66-60(63)54-51-48-45-42-39-36-24-21-18-15-12-9-6-3)68-62(65)56-53-50-47-44-41-38-35-32-30-28-26-23-20-17-14-11-8-5-2/h7,9-10,12,15-21,23-28,30,32,35-36,39,42,45,59H,4-6,8,11,13-14,22,29,31,33-34,37-38,40-41,43-44,46-58H2,1-3H3/b10-7-,12-9-,18-15-,19-16-,20-17-,24-21-,26-23-,27-25-,30-28-,35-32-,39-36-,45-42-. The lowest BCUT2D eigenvalue weighted by atomic mass is 10.1. The summed E-state index contributed by atoms with van der Waals surface area (Å²) in [4.78, 5) is 38.0. The minimum absolute atomic E-state index is 0.119. The van der Waals surface area contributed by atoms with E-state index in [-0.39, 0.29) is 44.0 Å². The van der Waals surface area contributed by atoms with E-state index in [9.17, 15) is 14.4 Å². The van der Waals surface area contributed by atoms with Crippen molar-refractivity contribution >= 4 is 17.9 Å². The third-order valence-electron chi connectivity index (χ3n) is 10.8. The van der Waals surface area contributed by atoms with E-state index in [0.717, 1.165) is 103 Å². The van der Waals surface area contributed by atoms with E-state index in [0.29, 0.717) is 12.8 Å². The summed E-state index contributed by atoms with van der Waals surface area (Å²) in [5, 5.41) is 0. The van der Waals surface area contributed by atoms with E-state index in [1.54, 1.807) is 0 Å². The molecule has 0 aliphatic heterocycles. The molecule has 0 aromatic carbocycles. The molecule has 0 rings (SSSR count). The van der Waals surface area contributed by atoms with E-state index >= 15 is 0 Å². The predicted molar refractivity (Wildman–Crippen MR) is 292 cm³/mol. The maximum Gasteiger partial charge on any atom is 0.306 e. The lowest BCUT2D eigenvalue weighted by Gasteiger charge is -2.18. The van der Waals surface area contributed by atoms with Crippen LogP contribution in [0.2, 0.25) is 0 Å². The Morgan fingerprint density at radius 1 is 0.324 bits per heavy atom. The van der Waals surface area contributed by atoms with Gasteiger partial charge in [-0.05, 0) is 89.9 Å². The van der Waals surface area contributed by atoms with E-state index in [2.05, 4.69) is 112 Å². The number of carbonyl (C=O) groups is 3. The highest BCUT2D eigenvalue weighted by Crippen LogP contribution is 2.14. The molecule has 0 heterocycles. The van der Waals surface area contributed by atoms with Crippen molar-refractivity contribution in [3.8, 4) is 0 Å². The molecule has 0 amide bonds. The van der Waals surface area contributed by atoms with Crippen LogP contribution in [-0.4, -0.2) is 37.2 Å². The Morgan fingerprint density at radius 2 is 0.662 bits per heavy atom. The lowest BCUT2D eigenvalue weighted by molar-refractivity contribution is -0.167. The first-order valence-electron chi connectivity index (χ1n) is 27.0. The van der Waals surface area contributed by atoms with Gasteiger partial charge in [0.1, 0.15) is 13.2 Å². The monoisotopic (exact) mass is 937 g/mol. The van der Waals surface area contributed by atoms with Crippen LogP contribution in [0.1, 0.15) is 207 Å². The van der Waals surface area contributed by atoms with Gasteiger partial charge in [-0.25, -0.2) is 0 Å². The van der Waals surface area contributed by atoms with Crippen LogP contribution in [0.4, 0.5) is 0 Å². The van der Waals surface area contributed by atoms with Gasteiger partial charge in [-0.2, -0.15) is 0 Å². The van der Waals surface area contributed by atoms with Gasteiger partial charge in [-0.15, -0.1) is 0 Å². The Balaban J connectivity index is 4.54. The summed E-state index contributed by atoms with van der Waals surface area (Å²) in [5.74, 6) is -1.03. The molecule has 0 saturated heterocycles. The van der Waals surface area contributed by atoms with Crippen molar-refractivity contribution in [1.82, 2.24) is 0 Å². The predicted octanol–water partition coefficient (Wildman–Crippen LogP) is 18.0. The zero-order chi connectivity index (χ0) is 49.3. The smallest absolute Gasteiger partial charge is 0.306 e. The van der Waals surface area contributed by atoms with Gasteiger partial charge in [0, 0.05) is 19.3 Å². The number of allylic oxidation sites excluding steroid dienone is 24. The van der Waals surface area contributed by atoms with Crippen LogP contribution < -0.4 is 0 Å². The van der Waals surface area contributed by atoms with Gasteiger partial charge in [0.05, 0.1) is 0 Å². The Kier molecular flexibility index (Phi) is 51.1. The van der Waals surface area contributed by atoms with Crippen LogP contribution >= 0.6 is 0 Å². The topological polar surface area (TPSA) is 78.9 Å². The fourth-order valence-corrected chi connectivity index (χ4v) is 6.79. The molecule has 0 radical (unpaired) electrons. The van der Waals surface area contributed by atoms with Crippen molar-refractivity contribution in [1.29, 1.82) is 0 Å². The highest BCUT2D eigenvalue weighted by Gasteiger charge is 2.19. The fourth-order valence-electron chi connectivity index (χ4n) is 6.79. The van der Waals surface area contributed by atoms with Gasteiger partial charge in [0.15, 0.2) is 6.10 Å². The van der Waals surface area contributed by atoms with Crippen LogP contribution in [0.5, 0.6) is 0 Å². The summed E-state index contributed by atoms with van der Waals surface area (Å²) in [5.41, 5.74) is 0. The SMILES string of the molecule is CC\C=C/C=C\C=C/C=C\C=C/CCCC(=O)OCC(COC(=O)CCCCCCCCCCC/C=C\C/C=C\C/C=C\CC)OC(=O)CCCCCCC\C=C/C=C\C=C/C=C\CCCCC. The minimum Gasteiger partial charge on any atom is -0.462 e. The average Bonchev–Trinajstić information content (AvgIpc) is 3.34. The summed E-state index contributed by atoms with van der Waals surface area (Å²) in [6.45, 7) is 6.24. The maximum absolute atomic E-state index is 12.8.